The van der Waals surface area contributed by atoms with Gasteiger partial charge in [0, 0.05) is 5.69 Å². The summed E-state index contributed by atoms with van der Waals surface area (Å²) in [7, 11) is 0. The van der Waals surface area contributed by atoms with Gasteiger partial charge in [-0.15, -0.1) is 0 Å². The van der Waals surface area contributed by atoms with E-state index in [1.165, 1.54) is 43.5 Å². The normalized spacial score (nSPS) is 10.6. The molecule has 0 atom stereocenters. The molecule has 1 aromatic heterocycles. The molecule has 0 aromatic carbocycles. The van der Waals surface area contributed by atoms with Gasteiger partial charge in [0.1, 0.15) is 0 Å². The molecule has 0 amide bonds. The molecular formula is C11H20N2. The number of rotatable bonds is 6. The van der Waals surface area contributed by atoms with Crippen LogP contribution in [0.4, 0.5) is 0 Å². The molecule has 2 nitrogen and oxygen atoms in total. The van der Waals surface area contributed by atoms with Crippen LogP contribution in [0.5, 0.6) is 0 Å². The number of unbranched alkanes of at least 4 members (excludes halogenated alkanes) is 3. The predicted octanol–water partition coefficient (Wildman–Crippen LogP) is 3.09. The zero-order valence-corrected chi connectivity index (χ0v) is 8.77. The van der Waals surface area contributed by atoms with E-state index in [2.05, 4.69) is 23.8 Å². The van der Waals surface area contributed by atoms with Crippen LogP contribution in [0, 0.1) is 0 Å². The number of hydrogen-bond donors (Lipinski definition) is 1. The molecule has 1 rings (SSSR count). The fourth-order valence-corrected chi connectivity index (χ4v) is 1.60. The number of aromatic amines is 1. The lowest BCUT2D eigenvalue weighted by molar-refractivity contribution is 0.659. The first-order chi connectivity index (χ1) is 6.38. The Bertz CT molecular complexity index is 228. The van der Waals surface area contributed by atoms with Crippen molar-refractivity contribution in [3.05, 3.63) is 17.7 Å². The van der Waals surface area contributed by atoms with E-state index in [1.807, 2.05) is 6.33 Å². The van der Waals surface area contributed by atoms with Crippen molar-refractivity contribution in [2.75, 3.05) is 0 Å². The average molecular weight is 180 g/mol. The second-order valence-corrected chi connectivity index (χ2v) is 3.49. The van der Waals surface area contributed by atoms with Crippen molar-refractivity contribution in [2.24, 2.45) is 0 Å². The first-order valence-electron chi connectivity index (χ1n) is 5.39. The van der Waals surface area contributed by atoms with E-state index < -0.39 is 0 Å². The molecule has 0 unspecified atom stereocenters. The lowest BCUT2D eigenvalue weighted by Gasteiger charge is -2.00. The van der Waals surface area contributed by atoms with E-state index in [4.69, 9.17) is 0 Å². The number of aromatic nitrogens is 2. The standard InChI is InChI=1S/C11H20N2/c1-3-5-6-7-8-11-10(4-2)12-9-13-11/h9H,3-8H2,1-2H3,(H,12,13). The summed E-state index contributed by atoms with van der Waals surface area (Å²) in [5.74, 6) is 0. The topological polar surface area (TPSA) is 28.7 Å². The van der Waals surface area contributed by atoms with Crippen molar-refractivity contribution in [3.63, 3.8) is 0 Å². The Balaban J connectivity index is 2.27. The Labute approximate surface area is 80.8 Å². The fraction of sp³-hybridized carbons (Fsp3) is 0.727. The third kappa shape index (κ3) is 3.21. The van der Waals surface area contributed by atoms with Crippen LogP contribution in [0.3, 0.4) is 0 Å². The molecule has 0 fully saturated rings. The van der Waals surface area contributed by atoms with E-state index in [-0.39, 0.29) is 0 Å². The molecule has 1 heterocycles. The molecule has 2 heteroatoms. The van der Waals surface area contributed by atoms with Crippen LogP contribution in [0.2, 0.25) is 0 Å². The second-order valence-electron chi connectivity index (χ2n) is 3.49. The first kappa shape index (κ1) is 10.3. The highest BCUT2D eigenvalue weighted by Gasteiger charge is 2.01. The van der Waals surface area contributed by atoms with Gasteiger partial charge in [0.15, 0.2) is 0 Å². The first-order valence-corrected chi connectivity index (χ1v) is 5.39. The monoisotopic (exact) mass is 180 g/mol. The van der Waals surface area contributed by atoms with Crippen molar-refractivity contribution >= 4 is 0 Å². The summed E-state index contributed by atoms with van der Waals surface area (Å²) in [6, 6.07) is 0. The molecule has 0 aliphatic heterocycles. The van der Waals surface area contributed by atoms with Gasteiger partial charge in [-0.3, -0.25) is 0 Å². The number of H-pyrrole nitrogens is 1. The van der Waals surface area contributed by atoms with Gasteiger partial charge in [-0.2, -0.15) is 0 Å². The summed E-state index contributed by atoms with van der Waals surface area (Å²) in [6.45, 7) is 4.40. The van der Waals surface area contributed by atoms with Crippen LogP contribution in [0.25, 0.3) is 0 Å². The molecule has 0 saturated heterocycles. The summed E-state index contributed by atoms with van der Waals surface area (Å²) in [5, 5.41) is 0. The second kappa shape index (κ2) is 5.79. The minimum absolute atomic E-state index is 1.05. The number of imidazole rings is 1. The number of aryl methyl sites for hydroxylation is 2. The summed E-state index contributed by atoms with van der Waals surface area (Å²) >= 11 is 0. The Morgan fingerprint density at radius 2 is 2.08 bits per heavy atom. The van der Waals surface area contributed by atoms with Crippen molar-refractivity contribution < 1.29 is 0 Å². The molecule has 0 radical (unpaired) electrons. The van der Waals surface area contributed by atoms with E-state index in [0.29, 0.717) is 0 Å². The number of nitrogens with one attached hydrogen (secondary N) is 1. The zero-order valence-electron chi connectivity index (χ0n) is 8.77. The maximum absolute atomic E-state index is 4.28. The van der Waals surface area contributed by atoms with Gasteiger partial charge in [0.05, 0.1) is 12.0 Å². The highest BCUT2D eigenvalue weighted by atomic mass is 14.9. The molecule has 13 heavy (non-hydrogen) atoms. The summed E-state index contributed by atoms with van der Waals surface area (Å²) in [6.07, 6.45) is 9.34. The third-order valence-electron chi connectivity index (χ3n) is 2.42. The summed E-state index contributed by atoms with van der Waals surface area (Å²) < 4.78 is 0. The Kier molecular flexibility index (Phi) is 4.58. The average Bonchev–Trinajstić information content (AvgIpc) is 2.60. The van der Waals surface area contributed by atoms with Gasteiger partial charge in [-0.05, 0) is 19.3 Å². The van der Waals surface area contributed by atoms with Crippen molar-refractivity contribution in [3.8, 4) is 0 Å². The van der Waals surface area contributed by atoms with E-state index in [1.54, 1.807) is 0 Å². The van der Waals surface area contributed by atoms with Crippen molar-refractivity contribution in [1.82, 2.24) is 9.97 Å². The van der Waals surface area contributed by atoms with E-state index in [9.17, 15) is 0 Å². The van der Waals surface area contributed by atoms with Gasteiger partial charge in [-0.1, -0.05) is 33.1 Å². The molecule has 0 bridgehead atoms. The highest BCUT2D eigenvalue weighted by molar-refractivity contribution is 5.10. The summed E-state index contributed by atoms with van der Waals surface area (Å²) in [5.41, 5.74) is 2.59. The van der Waals surface area contributed by atoms with Crippen LogP contribution in [-0.4, -0.2) is 9.97 Å². The van der Waals surface area contributed by atoms with Crippen molar-refractivity contribution in [2.45, 2.75) is 52.4 Å². The molecule has 1 N–H and O–H groups in total. The largest absolute Gasteiger partial charge is 0.348 e. The van der Waals surface area contributed by atoms with Crippen LogP contribution in [0.1, 0.15) is 50.9 Å². The molecule has 0 aliphatic carbocycles. The maximum atomic E-state index is 4.28. The van der Waals surface area contributed by atoms with Gasteiger partial charge < -0.3 is 4.98 Å². The van der Waals surface area contributed by atoms with Crippen molar-refractivity contribution in [1.29, 1.82) is 0 Å². The lowest BCUT2D eigenvalue weighted by Crippen LogP contribution is -1.92. The molecule has 1 aromatic rings. The van der Waals surface area contributed by atoms with Crippen LogP contribution >= 0.6 is 0 Å². The fourth-order valence-electron chi connectivity index (χ4n) is 1.60. The van der Waals surface area contributed by atoms with E-state index in [0.717, 1.165) is 6.42 Å². The Morgan fingerprint density at radius 1 is 1.23 bits per heavy atom. The minimum atomic E-state index is 1.05. The van der Waals surface area contributed by atoms with Crippen LogP contribution < -0.4 is 0 Å². The zero-order chi connectivity index (χ0) is 9.52. The molecular weight excluding hydrogens is 160 g/mol. The van der Waals surface area contributed by atoms with E-state index >= 15 is 0 Å². The number of hydrogen-bond acceptors (Lipinski definition) is 1. The minimum Gasteiger partial charge on any atom is -0.348 e. The molecule has 0 spiro atoms. The predicted molar refractivity (Wildman–Crippen MR) is 55.8 cm³/mol. The summed E-state index contributed by atoms with van der Waals surface area (Å²) in [4.78, 5) is 7.50. The lowest BCUT2D eigenvalue weighted by atomic mass is 10.1. The molecule has 0 aliphatic rings. The quantitative estimate of drug-likeness (QED) is 0.669. The SMILES string of the molecule is CCCCCCc1[nH]cnc1CC. The smallest absolute Gasteiger partial charge is 0.0925 e. The Hall–Kier alpha value is -0.790. The molecule has 74 valence electrons. The Morgan fingerprint density at radius 3 is 2.77 bits per heavy atom. The van der Waals surface area contributed by atoms with Crippen LogP contribution in [0.15, 0.2) is 6.33 Å². The maximum Gasteiger partial charge on any atom is 0.0925 e. The number of nitrogens with zero attached hydrogens (tertiary/aromatic N) is 1. The highest BCUT2D eigenvalue weighted by Crippen LogP contribution is 2.09. The van der Waals surface area contributed by atoms with Gasteiger partial charge in [-0.25, -0.2) is 4.98 Å². The van der Waals surface area contributed by atoms with Gasteiger partial charge in [0.2, 0.25) is 0 Å². The van der Waals surface area contributed by atoms with Gasteiger partial charge >= 0.3 is 0 Å². The molecule has 0 saturated carbocycles. The van der Waals surface area contributed by atoms with Gasteiger partial charge in [0.25, 0.3) is 0 Å². The van der Waals surface area contributed by atoms with Crippen LogP contribution in [-0.2, 0) is 12.8 Å². The third-order valence-corrected chi connectivity index (χ3v) is 2.42.